The first-order valence-corrected chi connectivity index (χ1v) is 32.6. The predicted molar refractivity (Wildman–Crippen MR) is 384 cm³/mol. The van der Waals surface area contributed by atoms with E-state index >= 15 is 0 Å². The Bertz CT molecular complexity index is 5460. The van der Waals surface area contributed by atoms with Crippen molar-refractivity contribution in [2.75, 3.05) is 0 Å². The standard InChI is InChI=1S/C89H56N6/c1-2-20-57(21-3-1)58-38-40-59(41-39-58)87(75-30-12-4-22-67(75)68-23-5-13-31-76(68)87)62-50-63(88(77-32-14-6-28-73(77)85-79(88)53-90-55-92-85)60-42-46-65(47-43-60)94-81-34-16-8-24-69(81)70-25-9-17-35-82(70)94)52-64(51-62)89(78-33-15-7-29-74(78)86-80(89)54-91-56-93-86)61-44-48-66(49-45-61)95-83-36-18-10-26-71(83)72-27-11-19-37-84(72)95/h1-56H. The minimum Gasteiger partial charge on any atom is -0.309 e. The van der Waals surface area contributed by atoms with Crippen LogP contribution in [-0.2, 0) is 16.2 Å². The van der Waals surface area contributed by atoms with Crippen molar-refractivity contribution in [3.05, 3.63) is 407 Å². The fraction of sp³-hybridized carbons (Fsp3) is 0.0337. The quantitative estimate of drug-likeness (QED) is 0.144. The molecule has 6 heteroatoms. The summed E-state index contributed by atoms with van der Waals surface area (Å²) in [4.78, 5) is 20.6. The van der Waals surface area contributed by atoms with Gasteiger partial charge in [0, 0.05) is 67.6 Å². The average Bonchev–Trinajstić information content (AvgIpc) is 1.56. The molecule has 2 atom stereocenters. The van der Waals surface area contributed by atoms with E-state index in [4.69, 9.17) is 19.9 Å². The van der Waals surface area contributed by atoms with Crippen molar-refractivity contribution in [3.63, 3.8) is 0 Å². The van der Waals surface area contributed by atoms with Gasteiger partial charge in [-0.15, -0.1) is 0 Å². The van der Waals surface area contributed by atoms with E-state index in [0.717, 1.165) is 117 Å². The van der Waals surface area contributed by atoms with Crippen molar-refractivity contribution in [2.24, 2.45) is 0 Å². The van der Waals surface area contributed by atoms with Gasteiger partial charge in [0.05, 0.1) is 49.7 Å². The Morgan fingerprint density at radius 2 is 0.526 bits per heavy atom. The summed E-state index contributed by atoms with van der Waals surface area (Å²) in [5, 5.41) is 4.88. The maximum Gasteiger partial charge on any atom is 0.116 e. The van der Waals surface area contributed by atoms with Gasteiger partial charge < -0.3 is 9.13 Å². The molecule has 0 saturated carbocycles. The zero-order chi connectivity index (χ0) is 62.4. The molecule has 442 valence electrons. The summed E-state index contributed by atoms with van der Waals surface area (Å²) in [7, 11) is 0. The number of benzene rings is 13. The van der Waals surface area contributed by atoms with Gasteiger partial charge in [0.15, 0.2) is 0 Å². The van der Waals surface area contributed by atoms with Gasteiger partial charge in [-0.2, -0.15) is 0 Å². The summed E-state index contributed by atoms with van der Waals surface area (Å²) >= 11 is 0. The van der Waals surface area contributed by atoms with Gasteiger partial charge in [0.2, 0.25) is 0 Å². The molecule has 0 radical (unpaired) electrons. The van der Waals surface area contributed by atoms with E-state index in [1.54, 1.807) is 12.7 Å². The van der Waals surface area contributed by atoms with Crippen molar-refractivity contribution in [1.82, 2.24) is 29.1 Å². The molecule has 6 nitrogen and oxygen atoms in total. The van der Waals surface area contributed by atoms with Gasteiger partial charge >= 0.3 is 0 Å². The fourth-order valence-electron chi connectivity index (χ4n) is 17.5. The Kier molecular flexibility index (Phi) is 11.4. The average molecular weight is 1210 g/mol. The van der Waals surface area contributed by atoms with Crippen LogP contribution >= 0.6 is 0 Å². The van der Waals surface area contributed by atoms with Crippen LogP contribution in [0.1, 0.15) is 66.8 Å². The van der Waals surface area contributed by atoms with Crippen molar-refractivity contribution in [1.29, 1.82) is 0 Å². The van der Waals surface area contributed by atoms with Gasteiger partial charge in [-0.25, -0.2) is 19.9 Å². The van der Waals surface area contributed by atoms with E-state index in [1.165, 1.54) is 49.4 Å². The first kappa shape index (κ1) is 53.3. The van der Waals surface area contributed by atoms with Crippen LogP contribution in [0.3, 0.4) is 0 Å². The Morgan fingerprint density at radius 3 is 0.916 bits per heavy atom. The lowest BCUT2D eigenvalue weighted by molar-refractivity contribution is 0.709. The third-order valence-corrected chi connectivity index (χ3v) is 21.3. The van der Waals surface area contributed by atoms with Crippen LogP contribution in [-0.4, -0.2) is 29.1 Å². The summed E-state index contributed by atoms with van der Waals surface area (Å²) in [6.45, 7) is 0. The Hall–Kier alpha value is -12.4. The summed E-state index contributed by atoms with van der Waals surface area (Å²) in [5.74, 6) is 0. The zero-order valence-electron chi connectivity index (χ0n) is 51.5. The summed E-state index contributed by atoms with van der Waals surface area (Å²) in [6.07, 6.45) is 7.60. The molecular weight excluding hydrogens is 1150 g/mol. The molecule has 4 heterocycles. The van der Waals surface area contributed by atoms with Crippen LogP contribution in [0.15, 0.2) is 340 Å². The number of aromatic nitrogens is 6. The molecule has 0 N–H and O–H groups in total. The molecular formula is C89H56N6. The van der Waals surface area contributed by atoms with Crippen LogP contribution in [0.5, 0.6) is 0 Å². The van der Waals surface area contributed by atoms with Gasteiger partial charge in [-0.05, 0) is 126 Å². The first-order chi connectivity index (χ1) is 47.1. The molecule has 3 aliphatic carbocycles. The van der Waals surface area contributed by atoms with Crippen molar-refractivity contribution >= 4 is 43.6 Å². The molecule has 17 aromatic rings. The molecule has 0 spiro atoms. The third-order valence-electron chi connectivity index (χ3n) is 21.3. The molecule has 13 aromatic carbocycles. The van der Waals surface area contributed by atoms with E-state index in [0.29, 0.717) is 0 Å². The molecule has 20 rings (SSSR count). The van der Waals surface area contributed by atoms with Gasteiger partial charge in [0.1, 0.15) is 12.7 Å². The summed E-state index contributed by atoms with van der Waals surface area (Å²) in [6, 6.07) is 118. The second kappa shape index (κ2) is 20.3. The normalized spacial score (nSPS) is 16.2. The highest BCUT2D eigenvalue weighted by molar-refractivity contribution is 6.10. The molecule has 2 unspecified atom stereocenters. The molecule has 0 fully saturated rings. The monoisotopic (exact) mass is 1210 g/mol. The lowest BCUT2D eigenvalue weighted by Crippen LogP contribution is -2.35. The first-order valence-electron chi connectivity index (χ1n) is 32.6. The molecule has 0 bridgehead atoms. The van der Waals surface area contributed by atoms with E-state index in [-0.39, 0.29) is 0 Å². The van der Waals surface area contributed by atoms with Gasteiger partial charge in [-0.3, -0.25) is 0 Å². The highest BCUT2D eigenvalue weighted by Gasteiger charge is 2.54. The molecule has 4 aromatic heterocycles. The van der Waals surface area contributed by atoms with Crippen LogP contribution in [0.2, 0.25) is 0 Å². The van der Waals surface area contributed by atoms with Crippen molar-refractivity contribution < 1.29 is 0 Å². The third kappa shape index (κ3) is 7.22. The van der Waals surface area contributed by atoms with Gasteiger partial charge in [-0.1, -0.05) is 267 Å². The van der Waals surface area contributed by atoms with E-state index in [2.05, 4.69) is 337 Å². The molecule has 0 saturated heterocycles. The number of para-hydroxylation sites is 4. The van der Waals surface area contributed by atoms with Crippen molar-refractivity contribution in [3.8, 4) is 56.1 Å². The van der Waals surface area contributed by atoms with Crippen molar-refractivity contribution in [2.45, 2.75) is 16.2 Å². The minimum absolute atomic E-state index is 0.862. The predicted octanol–water partition coefficient (Wildman–Crippen LogP) is 20.2. The zero-order valence-corrected chi connectivity index (χ0v) is 51.5. The SMILES string of the molecule is c1ccc(-c2ccc(C3(c4cc(C5(c6ccc(-n7c8ccccc8c8ccccc87)cc6)c6ccccc6-c6ncncc65)cc(C5(c6ccc(-n7c8ccccc8c8ccccc87)cc6)c6ccccc6-c6ncncc65)c4)c4ccccc4-c4ccccc43)cc2)cc1. The second-order valence-electron chi connectivity index (χ2n) is 25.6. The maximum absolute atomic E-state index is 5.28. The van der Waals surface area contributed by atoms with Crippen LogP contribution < -0.4 is 0 Å². The number of nitrogens with zero attached hydrogens (tertiary/aromatic N) is 6. The van der Waals surface area contributed by atoms with Crippen LogP contribution in [0, 0.1) is 0 Å². The van der Waals surface area contributed by atoms with E-state index < -0.39 is 16.2 Å². The Labute approximate surface area is 549 Å². The smallest absolute Gasteiger partial charge is 0.116 e. The lowest BCUT2D eigenvalue weighted by Gasteiger charge is -2.40. The van der Waals surface area contributed by atoms with Gasteiger partial charge in [0.25, 0.3) is 0 Å². The number of hydrogen-bond acceptors (Lipinski definition) is 4. The second-order valence-corrected chi connectivity index (χ2v) is 25.6. The van der Waals surface area contributed by atoms with E-state index in [9.17, 15) is 0 Å². The molecule has 0 aliphatic heterocycles. The largest absolute Gasteiger partial charge is 0.309 e. The summed E-state index contributed by atoms with van der Waals surface area (Å²) < 4.78 is 4.82. The van der Waals surface area contributed by atoms with Crippen LogP contribution in [0.25, 0.3) is 99.8 Å². The minimum atomic E-state index is -0.983. The number of hydrogen-bond donors (Lipinski definition) is 0. The van der Waals surface area contributed by atoms with E-state index in [1.807, 2.05) is 0 Å². The fourth-order valence-corrected chi connectivity index (χ4v) is 17.5. The lowest BCUT2D eigenvalue weighted by atomic mass is 9.61. The Balaban J connectivity index is 0.930. The highest BCUT2D eigenvalue weighted by atomic mass is 15.0. The molecule has 3 aliphatic rings. The number of fused-ring (bicyclic) bond motifs is 15. The highest BCUT2D eigenvalue weighted by Crippen LogP contribution is 2.63. The van der Waals surface area contributed by atoms with Crippen LogP contribution in [0.4, 0.5) is 0 Å². The number of rotatable bonds is 9. The molecule has 0 amide bonds. The topological polar surface area (TPSA) is 61.4 Å². The molecule has 95 heavy (non-hydrogen) atoms. The summed E-state index contributed by atoms with van der Waals surface area (Å²) in [5.41, 5.74) is 26.1. The maximum atomic E-state index is 5.28. The Morgan fingerprint density at radius 1 is 0.232 bits per heavy atom.